The number of aromatic nitrogens is 3. The summed E-state index contributed by atoms with van der Waals surface area (Å²) in [6, 6.07) is 18.3. The molecule has 0 saturated heterocycles. The van der Waals surface area contributed by atoms with E-state index in [1.807, 2.05) is 56.3 Å². The van der Waals surface area contributed by atoms with Gasteiger partial charge < -0.3 is 5.32 Å². The molecule has 2 aromatic carbocycles. The molecule has 0 radical (unpaired) electrons. The molecule has 2 aromatic heterocycles. The van der Waals surface area contributed by atoms with E-state index in [2.05, 4.69) is 10.3 Å². The van der Waals surface area contributed by atoms with Gasteiger partial charge in [0.2, 0.25) is 5.91 Å². The quantitative estimate of drug-likeness (QED) is 0.544. The van der Waals surface area contributed by atoms with Crippen molar-refractivity contribution >= 4 is 22.6 Å². The van der Waals surface area contributed by atoms with Crippen molar-refractivity contribution in [2.45, 2.75) is 26.9 Å². The van der Waals surface area contributed by atoms with Gasteiger partial charge in [0, 0.05) is 11.9 Å². The van der Waals surface area contributed by atoms with Crippen LogP contribution in [0.5, 0.6) is 0 Å². The number of rotatable bonds is 5. The van der Waals surface area contributed by atoms with Crippen molar-refractivity contribution in [3.63, 3.8) is 0 Å². The molecule has 2 heterocycles. The number of para-hydroxylation sites is 1. The van der Waals surface area contributed by atoms with Gasteiger partial charge in [0.15, 0.2) is 0 Å². The summed E-state index contributed by atoms with van der Waals surface area (Å²) in [5.41, 5.74) is 2.69. The highest BCUT2D eigenvalue weighted by atomic mass is 16.2. The van der Waals surface area contributed by atoms with E-state index in [0.717, 1.165) is 21.3 Å². The van der Waals surface area contributed by atoms with Crippen LogP contribution in [-0.2, 0) is 17.9 Å². The Morgan fingerprint density at radius 3 is 2.42 bits per heavy atom. The highest BCUT2D eigenvalue weighted by molar-refractivity contribution is 5.92. The summed E-state index contributed by atoms with van der Waals surface area (Å²) in [5.74, 6) is -0.371. The zero-order valence-corrected chi connectivity index (χ0v) is 17.3. The van der Waals surface area contributed by atoms with Crippen LogP contribution in [0.2, 0.25) is 0 Å². The minimum Gasteiger partial charge on any atom is -0.324 e. The maximum atomic E-state index is 13.2. The first-order valence-electron chi connectivity index (χ1n) is 9.93. The first-order chi connectivity index (χ1) is 14.9. The van der Waals surface area contributed by atoms with Crippen LogP contribution in [0.3, 0.4) is 0 Å². The number of benzene rings is 2. The first kappa shape index (κ1) is 20.3. The van der Waals surface area contributed by atoms with Gasteiger partial charge in [0.1, 0.15) is 12.2 Å². The average Bonchev–Trinajstić information content (AvgIpc) is 2.77. The van der Waals surface area contributed by atoms with E-state index in [0.29, 0.717) is 5.69 Å². The molecule has 0 atom stereocenters. The molecule has 0 aliphatic heterocycles. The summed E-state index contributed by atoms with van der Waals surface area (Å²) in [4.78, 5) is 43.2. The summed E-state index contributed by atoms with van der Waals surface area (Å²) in [7, 11) is 0. The lowest BCUT2D eigenvalue weighted by molar-refractivity contribution is -0.116. The highest BCUT2D eigenvalue weighted by Gasteiger charge is 2.17. The fourth-order valence-corrected chi connectivity index (χ4v) is 3.45. The Bertz CT molecular complexity index is 1380. The van der Waals surface area contributed by atoms with Crippen molar-refractivity contribution in [1.82, 2.24) is 14.1 Å². The Kier molecular flexibility index (Phi) is 5.49. The minimum atomic E-state index is -0.572. The van der Waals surface area contributed by atoms with Gasteiger partial charge in [-0.3, -0.25) is 18.7 Å². The number of pyridine rings is 1. The number of carbonyl (C=O) groups is 1. The molecule has 0 saturated carbocycles. The molecule has 0 fully saturated rings. The Hall–Kier alpha value is -4.00. The van der Waals surface area contributed by atoms with Gasteiger partial charge in [-0.05, 0) is 43.2 Å². The lowest BCUT2D eigenvalue weighted by atomic mass is 10.1. The van der Waals surface area contributed by atoms with Crippen LogP contribution in [0.15, 0.2) is 76.4 Å². The van der Waals surface area contributed by atoms with Crippen molar-refractivity contribution in [2.75, 3.05) is 5.32 Å². The van der Waals surface area contributed by atoms with Gasteiger partial charge in [0.05, 0.1) is 11.9 Å². The Balaban J connectivity index is 1.76. The van der Waals surface area contributed by atoms with Crippen LogP contribution in [0.1, 0.15) is 16.7 Å². The largest absolute Gasteiger partial charge is 0.333 e. The zero-order chi connectivity index (χ0) is 22.0. The SMILES string of the molecule is Cc1ccc(Cn2c(=O)c3cccnc3n(CC(=O)Nc3ccccc3C)c2=O)cc1. The van der Waals surface area contributed by atoms with Crippen molar-refractivity contribution in [3.05, 3.63) is 104 Å². The predicted molar refractivity (Wildman–Crippen MR) is 120 cm³/mol. The molecule has 0 aliphatic carbocycles. The monoisotopic (exact) mass is 414 g/mol. The van der Waals surface area contributed by atoms with E-state index in [-0.39, 0.29) is 30.0 Å². The molecule has 1 amide bonds. The number of amides is 1. The smallest absolute Gasteiger partial charge is 0.324 e. The zero-order valence-electron chi connectivity index (χ0n) is 17.3. The molecule has 0 unspecified atom stereocenters. The maximum Gasteiger partial charge on any atom is 0.333 e. The van der Waals surface area contributed by atoms with E-state index in [9.17, 15) is 14.4 Å². The molecule has 0 aliphatic rings. The van der Waals surface area contributed by atoms with Crippen molar-refractivity contribution in [1.29, 1.82) is 0 Å². The molecule has 156 valence electrons. The highest BCUT2D eigenvalue weighted by Crippen LogP contribution is 2.13. The molecule has 0 bridgehead atoms. The van der Waals surface area contributed by atoms with Gasteiger partial charge >= 0.3 is 5.69 Å². The molecule has 7 nitrogen and oxygen atoms in total. The summed E-state index contributed by atoms with van der Waals surface area (Å²) in [6.07, 6.45) is 1.50. The van der Waals surface area contributed by atoms with E-state index >= 15 is 0 Å². The number of fused-ring (bicyclic) bond motifs is 1. The first-order valence-corrected chi connectivity index (χ1v) is 9.93. The number of hydrogen-bond donors (Lipinski definition) is 1. The van der Waals surface area contributed by atoms with Crippen LogP contribution >= 0.6 is 0 Å². The number of aryl methyl sites for hydroxylation is 2. The van der Waals surface area contributed by atoms with Crippen LogP contribution in [0.25, 0.3) is 11.0 Å². The number of hydrogen-bond acceptors (Lipinski definition) is 4. The van der Waals surface area contributed by atoms with Crippen LogP contribution in [0.4, 0.5) is 5.69 Å². The lowest BCUT2D eigenvalue weighted by Crippen LogP contribution is -2.42. The lowest BCUT2D eigenvalue weighted by Gasteiger charge is -2.14. The third-order valence-corrected chi connectivity index (χ3v) is 5.16. The van der Waals surface area contributed by atoms with Gasteiger partial charge in [-0.25, -0.2) is 9.78 Å². The predicted octanol–water partition coefficient (Wildman–Crippen LogP) is 2.86. The second-order valence-electron chi connectivity index (χ2n) is 7.48. The number of anilines is 1. The molecule has 31 heavy (non-hydrogen) atoms. The summed E-state index contributed by atoms with van der Waals surface area (Å²) in [5, 5.41) is 3.12. The second kappa shape index (κ2) is 8.39. The molecule has 1 N–H and O–H groups in total. The van der Waals surface area contributed by atoms with E-state index < -0.39 is 11.2 Å². The Morgan fingerprint density at radius 1 is 0.935 bits per heavy atom. The summed E-state index contributed by atoms with van der Waals surface area (Å²) in [6.45, 7) is 3.72. The summed E-state index contributed by atoms with van der Waals surface area (Å²) < 4.78 is 2.40. The van der Waals surface area contributed by atoms with Crippen LogP contribution in [0, 0.1) is 13.8 Å². The third kappa shape index (κ3) is 4.16. The molecule has 0 spiro atoms. The van der Waals surface area contributed by atoms with Crippen molar-refractivity contribution in [2.24, 2.45) is 0 Å². The van der Waals surface area contributed by atoms with Crippen molar-refractivity contribution in [3.8, 4) is 0 Å². The molecule has 7 heteroatoms. The van der Waals surface area contributed by atoms with Gasteiger partial charge in [0.25, 0.3) is 5.56 Å². The van der Waals surface area contributed by atoms with Crippen LogP contribution < -0.4 is 16.6 Å². The number of carbonyl (C=O) groups excluding carboxylic acids is 1. The normalized spacial score (nSPS) is 10.9. The topological polar surface area (TPSA) is 86.0 Å². The molecule has 4 rings (SSSR count). The molecular weight excluding hydrogens is 392 g/mol. The molecular formula is C24H22N4O3. The fourth-order valence-electron chi connectivity index (χ4n) is 3.45. The second-order valence-corrected chi connectivity index (χ2v) is 7.48. The van der Waals surface area contributed by atoms with Gasteiger partial charge in [-0.2, -0.15) is 0 Å². The number of nitrogens with zero attached hydrogens (tertiary/aromatic N) is 3. The fraction of sp³-hybridized carbons (Fsp3) is 0.167. The van der Waals surface area contributed by atoms with E-state index in [1.165, 1.54) is 10.8 Å². The van der Waals surface area contributed by atoms with E-state index in [1.54, 1.807) is 18.2 Å². The van der Waals surface area contributed by atoms with E-state index in [4.69, 9.17) is 0 Å². The third-order valence-electron chi connectivity index (χ3n) is 5.16. The minimum absolute atomic E-state index is 0.113. The maximum absolute atomic E-state index is 13.2. The molecule has 4 aromatic rings. The summed E-state index contributed by atoms with van der Waals surface area (Å²) >= 11 is 0. The van der Waals surface area contributed by atoms with Gasteiger partial charge in [-0.15, -0.1) is 0 Å². The standard InChI is InChI=1S/C24H22N4O3/c1-16-9-11-18(12-10-16)14-28-23(30)19-7-5-13-25-22(19)27(24(28)31)15-21(29)26-20-8-4-3-6-17(20)2/h3-13H,14-15H2,1-2H3,(H,26,29). The van der Waals surface area contributed by atoms with Crippen molar-refractivity contribution < 1.29 is 4.79 Å². The van der Waals surface area contributed by atoms with Gasteiger partial charge in [-0.1, -0.05) is 48.0 Å². The Labute approximate surface area is 178 Å². The average molecular weight is 414 g/mol. The number of nitrogens with one attached hydrogen (secondary N) is 1. The van der Waals surface area contributed by atoms with Crippen LogP contribution in [-0.4, -0.2) is 20.0 Å². The Morgan fingerprint density at radius 2 is 1.68 bits per heavy atom.